The summed E-state index contributed by atoms with van der Waals surface area (Å²) in [4.78, 5) is 4.50. The SMILES string of the molecule is Fc1ccc(NC(=S)Nc2cccc(-c3nc4ccccc4o3)c2)cc1. The van der Waals surface area contributed by atoms with Gasteiger partial charge >= 0.3 is 0 Å². The molecule has 0 aliphatic rings. The third-order valence-corrected chi connectivity index (χ3v) is 3.97. The van der Waals surface area contributed by atoms with Crippen LogP contribution in [0.2, 0.25) is 0 Å². The summed E-state index contributed by atoms with van der Waals surface area (Å²) in [6.07, 6.45) is 0. The quantitative estimate of drug-likeness (QED) is 0.475. The molecular weight excluding hydrogens is 349 g/mol. The summed E-state index contributed by atoms with van der Waals surface area (Å²) in [5.74, 6) is 0.257. The highest BCUT2D eigenvalue weighted by atomic mass is 32.1. The Morgan fingerprint density at radius 2 is 1.65 bits per heavy atom. The number of benzene rings is 3. The molecule has 4 rings (SSSR count). The van der Waals surface area contributed by atoms with Crippen molar-refractivity contribution in [1.82, 2.24) is 4.98 Å². The molecule has 0 radical (unpaired) electrons. The monoisotopic (exact) mass is 363 g/mol. The molecule has 0 amide bonds. The minimum Gasteiger partial charge on any atom is -0.436 e. The average Bonchev–Trinajstić information content (AvgIpc) is 3.08. The lowest BCUT2D eigenvalue weighted by atomic mass is 10.2. The van der Waals surface area contributed by atoms with Crippen LogP contribution in [0.5, 0.6) is 0 Å². The van der Waals surface area contributed by atoms with E-state index in [9.17, 15) is 4.39 Å². The van der Waals surface area contributed by atoms with Crippen LogP contribution in [0.25, 0.3) is 22.6 Å². The summed E-state index contributed by atoms with van der Waals surface area (Å²) in [6, 6.07) is 21.2. The highest BCUT2D eigenvalue weighted by Gasteiger charge is 2.08. The van der Waals surface area contributed by atoms with Crippen molar-refractivity contribution in [2.75, 3.05) is 10.6 Å². The molecule has 3 aromatic carbocycles. The van der Waals surface area contributed by atoms with Crippen LogP contribution in [-0.2, 0) is 0 Å². The fourth-order valence-electron chi connectivity index (χ4n) is 2.55. The molecule has 0 aliphatic heterocycles. The highest BCUT2D eigenvalue weighted by Crippen LogP contribution is 2.26. The second-order valence-electron chi connectivity index (χ2n) is 5.65. The fourth-order valence-corrected chi connectivity index (χ4v) is 2.79. The second-order valence-corrected chi connectivity index (χ2v) is 6.06. The first kappa shape index (κ1) is 16.2. The van der Waals surface area contributed by atoms with Crippen LogP contribution in [0.15, 0.2) is 77.2 Å². The topological polar surface area (TPSA) is 50.1 Å². The largest absolute Gasteiger partial charge is 0.436 e. The fraction of sp³-hybridized carbons (Fsp3) is 0. The van der Waals surface area contributed by atoms with E-state index < -0.39 is 0 Å². The van der Waals surface area contributed by atoms with Crippen LogP contribution < -0.4 is 10.6 Å². The van der Waals surface area contributed by atoms with Gasteiger partial charge in [-0.15, -0.1) is 0 Å². The number of para-hydroxylation sites is 2. The summed E-state index contributed by atoms with van der Waals surface area (Å²) in [5, 5.41) is 6.53. The molecule has 0 aliphatic carbocycles. The Labute approximate surface area is 154 Å². The Morgan fingerprint density at radius 3 is 2.46 bits per heavy atom. The van der Waals surface area contributed by atoms with Crippen molar-refractivity contribution in [1.29, 1.82) is 0 Å². The molecule has 1 aromatic heterocycles. The Bertz CT molecular complexity index is 1040. The van der Waals surface area contributed by atoms with Crippen molar-refractivity contribution in [3.05, 3.63) is 78.6 Å². The van der Waals surface area contributed by atoms with E-state index in [1.807, 2.05) is 48.5 Å². The molecule has 0 saturated heterocycles. The predicted molar refractivity (Wildman–Crippen MR) is 106 cm³/mol. The summed E-state index contributed by atoms with van der Waals surface area (Å²) < 4.78 is 18.8. The molecule has 0 fully saturated rings. The van der Waals surface area contributed by atoms with E-state index in [2.05, 4.69) is 15.6 Å². The Balaban J connectivity index is 1.51. The van der Waals surface area contributed by atoms with Gasteiger partial charge < -0.3 is 15.1 Å². The molecule has 26 heavy (non-hydrogen) atoms. The van der Waals surface area contributed by atoms with E-state index in [1.165, 1.54) is 12.1 Å². The number of nitrogens with one attached hydrogen (secondary N) is 2. The number of hydrogen-bond acceptors (Lipinski definition) is 3. The maximum Gasteiger partial charge on any atom is 0.227 e. The second kappa shape index (κ2) is 6.93. The van der Waals surface area contributed by atoms with Crippen LogP contribution in [0.4, 0.5) is 15.8 Å². The molecule has 0 atom stereocenters. The minimum atomic E-state index is -0.291. The van der Waals surface area contributed by atoms with Gasteiger partial charge in [0.25, 0.3) is 0 Å². The molecule has 2 N–H and O–H groups in total. The first-order valence-electron chi connectivity index (χ1n) is 7.97. The summed E-state index contributed by atoms with van der Waals surface area (Å²) in [6.45, 7) is 0. The Morgan fingerprint density at radius 1 is 0.885 bits per heavy atom. The summed E-state index contributed by atoms with van der Waals surface area (Å²) in [7, 11) is 0. The summed E-state index contributed by atoms with van der Waals surface area (Å²) in [5.41, 5.74) is 3.91. The molecule has 6 heteroatoms. The van der Waals surface area contributed by atoms with Gasteiger partial charge in [-0.05, 0) is 66.8 Å². The third kappa shape index (κ3) is 3.55. The molecule has 1 heterocycles. The van der Waals surface area contributed by atoms with E-state index in [0.29, 0.717) is 16.7 Å². The number of anilines is 2. The normalized spacial score (nSPS) is 10.7. The molecular formula is C20H14FN3OS. The van der Waals surface area contributed by atoms with Crippen molar-refractivity contribution in [3.63, 3.8) is 0 Å². The van der Waals surface area contributed by atoms with Gasteiger partial charge in [0.1, 0.15) is 11.3 Å². The number of fused-ring (bicyclic) bond motifs is 1. The van der Waals surface area contributed by atoms with Crippen LogP contribution in [0.3, 0.4) is 0 Å². The lowest BCUT2D eigenvalue weighted by molar-refractivity contribution is 0.620. The molecule has 0 bridgehead atoms. The Kier molecular flexibility index (Phi) is 4.33. The standard InChI is InChI=1S/C20H14FN3OS/c21-14-8-10-15(11-9-14)22-20(26)23-16-5-3-4-13(12-16)19-24-17-6-1-2-7-18(17)25-19/h1-12H,(H2,22,23,26). The van der Waals surface area contributed by atoms with E-state index in [1.54, 1.807) is 12.1 Å². The summed E-state index contributed by atoms with van der Waals surface area (Å²) >= 11 is 5.31. The molecule has 128 valence electrons. The smallest absolute Gasteiger partial charge is 0.227 e. The van der Waals surface area contributed by atoms with Gasteiger partial charge in [-0.25, -0.2) is 9.37 Å². The first-order valence-corrected chi connectivity index (χ1v) is 8.38. The van der Waals surface area contributed by atoms with Gasteiger partial charge in [-0.2, -0.15) is 0 Å². The van der Waals surface area contributed by atoms with Crippen molar-refractivity contribution >= 4 is 39.8 Å². The number of thiocarbonyl (C=S) groups is 1. The number of rotatable bonds is 3. The molecule has 0 unspecified atom stereocenters. The lowest BCUT2D eigenvalue weighted by Gasteiger charge is -2.11. The number of hydrogen-bond donors (Lipinski definition) is 2. The van der Waals surface area contributed by atoms with Crippen LogP contribution in [0.1, 0.15) is 0 Å². The minimum absolute atomic E-state index is 0.291. The maximum atomic E-state index is 13.0. The zero-order valence-electron chi connectivity index (χ0n) is 13.6. The van der Waals surface area contributed by atoms with Gasteiger partial charge in [0.2, 0.25) is 5.89 Å². The molecule has 4 nitrogen and oxygen atoms in total. The highest BCUT2D eigenvalue weighted by molar-refractivity contribution is 7.80. The van der Waals surface area contributed by atoms with Gasteiger partial charge in [-0.3, -0.25) is 0 Å². The van der Waals surface area contributed by atoms with Crippen molar-refractivity contribution in [2.24, 2.45) is 0 Å². The number of halogens is 1. The molecule has 4 aromatic rings. The van der Waals surface area contributed by atoms with E-state index in [4.69, 9.17) is 16.6 Å². The lowest BCUT2D eigenvalue weighted by Crippen LogP contribution is -2.19. The van der Waals surface area contributed by atoms with Crippen LogP contribution >= 0.6 is 12.2 Å². The van der Waals surface area contributed by atoms with Crippen molar-refractivity contribution in [2.45, 2.75) is 0 Å². The van der Waals surface area contributed by atoms with Gasteiger partial charge in [-0.1, -0.05) is 18.2 Å². The molecule has 0 saturated carbocycles. The third-order valence-electron chi connectivity index (χ3n) is 3.76. The zero-order chi connectivity index (χ0) is 17.9. The Hall–Kier alpha value is -3.25. The van der Waals surface area contributed by atoms with E-state index in [-0.39, 0.29) is 5.82 Å². The van der Waals surface area contributed by atoms with E-state index >= 15 is 0 Å². The van der Waals surface area contributed by atoms with Gasteiger partial charge in [0.15, 0.2) is 10.7 Å². The predicted octanol–water partition coefficient (Wildman–Crippen LogP) is 5.44. The van der Waals surface area contributed by atoms with Crippen LogP contribution in [-0.4, -0.2) is 10.1 Å². The van der Waals surface area contributed by atoms with Gasteiger partial charge in [0.05, 0.1) is 0 Å². The number of nitrogens with zero attached hydrogens (tertiary/aromatic N) is 1. The number of oxazole rings is 1. The zero-order valence-corrected chi connectivity index (χ0v) is 14.4. The van der Waals surface area contributed by atoms with E-state index in [0.717, 1.165) is 22.4 Å². The average molecular weight is 363 g/mol. The number of aromatic nitrogens is 1. The van der Waals surface area contributed by atoms with Crippen LogP contribution in [0, 0.1) is 5.82 Å². The molecule has 0 spiro atoms. The van der Waals surface area contributed by atoms with Gasteiger partial charge in [0, 0.05) is 16.9 Å². The van der Waals surface area contributed by atoms with Crippen molar-refractivity contribution < 1.29 is 8.81 Å². The maximum absolute atomic E-state index is 13.0. The first-order chi connectivity index (χ1) is 12.7. The van der Waals surface area contributed by atoms with Crippen molar-refractivity contribution in [3.8, 4) is 11.5 Å².